The first-order valence-corrected chi connectivity index (χ1v) is 9.92. The van der Waals surface area contributed by atoms with E-state index in [1.54, 1.807) is 9.75 Å². The first-order valence-electron chi connectivity index (χ1n) is 7.47. The minimum Gasteiger partial charge on any atom is -0.137 e. The number of hydrogen-bond acceptors (Lipinski definition) is 3. The maximum atomic E-state index is 2.33. The van der Waals surface area contributed by atoms with Crippen molar-refractivity contribution in [1.29, 1.82) is 0 Å². The number of aryl methyl sites for hydroxylation is 2. The van der Waals surface area contributed by atoms with Gasteiger partial charge in [-0.15, -0.1) is 34.0 Å². The lowest BCUT2D eigenvalue weighted by atomic mass is 9.92. The van der Waals surface area contributed by atoms with Crippen LogP contribution in [0.25, 0.3) is 18.8 Å². The monoisotopic (exact) mass is 336 g/mol. The zero-order valence-electron chi connectivity index (χ0n) is 14.2. The molecule has 3 aromatic rings. The minimum atomic E-state index is 0.249. The maximum absolute atomic E-state index is 2.33. The molecule has 0 aliphatic heterocycles. The van der Waals surface area contributed by atoms with E-state index in [9.17, 15) is 0 Å². The van der Waals surface area contributed by atoms with Crippen molar-refractivity contribution in [3.05, 3.63) is 20.9 Å². The van der Waals surface area contributed by atoms with Crippen molar-refractivity contribution < 1.29 is 0 Å². The molecule has 0 nitrogen and oxygen atoms in total. The van der Waals surface area contributed by atoms with Crippen LogP contribution in [0.3, 0.4) is 0 Å². The molecule has 0 amide bonds. The third-order valence-electron chi connectivity index (χ3n) is 3.96. The van der Waals surface area contributed by atoms with Gasteiger partial charge < -0.3 is 0 Å². The summed E-state index contributed by atoms with van der Waals surface area (Å²) in [4.78, 5) is 3.10. The predicted molar refractivity (Wildman–Crippen MR) is 102 cm³/mol. The normalized spacial score (nSPS) is 13.7. The van der Waals surface area contributed by atoms with Gasteiger partial charge in [-0.25, -0.2) is 0 Å². The summed E-state index contributed by atoms with van der Waals surface area (Å²) in [6, 6.07) is 0. The summed E-state index contributed by atoms with van der Waals surface area (Å²) in [6.45, 7) is 18.6. The van der Waals surface area contributed by atoms with E-state index in [0.717, 1.165) is 0 Å². The SMILES string of the molecule is Cc1c(C(C)(C)C)sc2c1sc1c(C)c(C(C)(C)C)sc12. The van der Waals surface area contributed by atoms with E-state index < -0.39 is 0 Å². The van der Waals surface area contributed by atoms with Gasteiger partial charge in [-0.3, -0.25) is 0 Å². The topological polar surface area (TPSA) is 0 Å². The summed E-state index contributed by atoms with van der Waals surface area (Å²) in [6.07, 6.45) is 0. The Morgan fingerprint density at radius 1 is 0.524 bits per heavy atom. The molecule has 3 heterocycles. The highest BCUT2D eigenvalue weighted by Crippen LogP contribution is 2.51. The van der Waals surface area contributed by atoms with Crippen LogP contribution in [0.1, 0.15) is 62.4 Å². The second-order valence-electron chi connectivity index (χ2n) is 8.03. The van der Waals surface area contributed by atoms with Crippen molar-refractivity contribution in [2.75, 3.05) is 0 Å². The maximum Gasteiger partial charge on any atom is 0.0635 e. The van der Waals surface area contributed by atoms with Gasteiger partial charge in [0.25, 0.3) is 0 Å². The molecule has 0 unspecified atom stereocenters. The van der Waals surface area contributed by atoms with Gasteiger partial charge in [-0.05, 0) is 35.8 Å². The van der Waals surface area contributed by atoms with E-state index in [-0.39, 0.29) is 10.8 Å². The molecular formula is C18H24S3. The lowest BCUT2D eigenvalue weighted by molar-refractivity contribution is 0.600. The zero-order valence-corrected chi connectivity index (χ0v) is 16.7. The van der Waals surface area contributed by atoms with Gasteiger partial charge >= 0.3 is 0 Å². The summed E-state index contributed by atoms with van der Waals surface area (Å²) in [5.41, 5.74) is 3.51. The number of fused-ring (bicyclic) bond motifs is 3. The Kier molecular flexibility index (Phi) is 3.37. The summed E-state index contributed by atoms with van der Waals surface area (Å²) >= 11 is 6.05. The van der Waals surface area contributed by atoms with E-state index >= 15 is 0 Å². The largest absolute Gasteiger partial charge is 0.137 e. The Bertz CT molecular complexity index is 757. The molecule has 0 spiro atoms. The van der Waals surface area contributed by atoms with Crippen LogP contribution < -0.4 is 0 Å². The van der Waals surface area contributed by atoms with Crippen molar-refractivity contribution >= 4 is 52.8 Å². The van der Waals surface area contributed by atoms with Crippen molar-refractivity contribution in [2.45, 2.75) is 66.2 Å². The predicted octanol–water partition coefficient (Wildman–Crippen LogP) is 7.39. The number of hydrogen-bond donors (Lipinski definition) is 0. The molecule has 114 valence electrons. The molecule has 0 aliphatic carbocycles. The van der Waals surface area contributed by atoms with Crippen LogP contribution in [0.5, 0.6) is 0 Å². The van der Waals surface area contributed by atoms with Gasteiger partial charge in [0.1, 0.15) is 0 Å². The Morgan fingerprint density at radius 2 is 0.857 bits per heavy atom. The van der Waals surface area contributed by atoms with E-state index in [1.165, 1.54) is 29.9 Å². The summed E-state index contributed by atoms with van der Waals surface area (Å²) in [7, 11) is 0. The third-order valence-corrected chi connectivity index (χ3v) is 9.24. The van der Waals surface area contributed by atoms with Crippen molar-refractivity contribution in [3.8, 4) is 0 Å². The van der Waals surface area contributed by atoms with Crippen LogP contribution in [0.15, 0.2) is 0 Å². The molecule has 0 fully saturated rings. The molecule has 0 bridgehead atoms. The molecule has 0 atom stereocenters. The van der Waals surface area contributed by atoms with Gasteiger partial charge in [0.05, 0.1) is 18.8 Å². The molecule has 3 aromatic heterocycles. The fourth-order valence-corrected chi connectivity index (χ4v) is 7.60. The Hall–Kier alpha value is -0.380. The van der Waals surface area contributed by atoms with Crippen LogP contribution in [0.2, 0.25) is 0 Å². The fraction of sp³-hybridized carbons (Fsp3) is 0.556. The van der Waals surface area contributed by atoms with Gasteiger partial charge in [-0.2, -0.15) is 0 Å². The Labute approximate surface area is 139 Å². The van der Waals surface area contributed by atoms with E-state index in [1.807, 2.05) is 34.0 Å². The highest BCUT2D eigenvalue weighted by atomic mass is 32.1. The van der Waals surface area contributed by atoms with Crippen molar-refractivity contribution in [1.82, 2.24) is 0 Å². The molecule has 3 heteroatoms. The fourth-order valence-electron chi connectivity index (χ4n) is 3.07. The summed E-state index contributed by atoms with van der Waals surface area (Å²) < 4.78 is 6.10. The van der Waals surface area contributed by atoms with Crippen LogP contribution in [-0.2, 0) is 10.8 Å². The summed E-state index contributed by atoms with van der Waals surface area (Å²) in [5.74, 6) is 0. The molecule has 0 aliphatic rings. The van der Waals surface area contributed by atoms with Gasteiger partial charge in [0, 0.05) is 9.75 Å². The highest BCUT2D eigenvalue weighted by Gasteiger charge is 2.27. The average molecular weight is 337 g/mol. The van der Waals surface area contributed by atoms with Crippen molar-refractivity contribution in [3.63, 3.8) is 0 Å². The number of rotatable bonds is 0. The lowest BCUT2D eigenvalue weighted by Gasteiger charge is -2.17. The average Bonchev–Trinajstić information content (AvgIpc) is 2.90. The third kappa shape index (κ3) is 2.29. The van der Waals surface area contributed by atoms with E-state index in [0.29, 0.717) is 0 Å². The second-order valence-corrected chi connectivity index (χ2v) is 11.1. The van der Waals surface area contributed by atoms with Gasteiger partial charge in [0.15, 0.2) is 0 Å². The molecule has 21 heavy (non-hydrogen) atoms. The Balaban J connectivity index is 2.35. The van der Waals surface area contributed by atoms with Crippen molar-refractivity contribution in [2.24, 2.45) is 0 Å². The molecule has 0 aromatic carbocycles. The zero-order chi connectivity index (χ0) is 15.7. The Morgan fingerprint density at radius 3 is 1.14 bits per heavy atom. The van der Waals surface area contributed by atoms with Gasteiger partial charge in [0.2, 0.25) is 0 Å². The molecule has 0 radical (unpaired) electrons. The molecule has 3 rings (SSSR count). The standard InChI is InChI=1S/C18H24S3/c1-9-11-13(20-15(9)17(3,4)5)14-12(19-11)10(2)16(21-14)18(6,7)8/h1-8H3. The molecule has 0 saturated carbocycles. The molecular weight excluding hydrogens is 312 g/mol. The molecule has 0 saturated heterocycles. The van der Waals surface area contributed by atoms with E-state index in [4.69, 9.17) is 0 Å². The lowest BCUT2D eigenvalue weighted by Crippen LogP contribution is -2.09. The molecule has 0 N–H and O–H groups in total. The van der Waals surface area contributed by atoms with Crippen LogP contribution >= 0.6 is 34.0 Å². The number of thiophene rings is 3. The second kappa shape index (κ2) is 4.56. The summed E-state index contributed by atoms with van der Waals surface area (Å²) in [5, 5.41) is 0. The van der Waals surface area contributed by atoms with Crippen LogP contribution in [0, 0.1) is 13.8 Å². The van der Waals surface area contributed by atoms with Gasteiger partial charge in [-0.1, -0.05) is 41.5 Å². The first-order chi connectivity index (χ1) is 9.51. The highest BCUT2D eigenvalue weighted by molar-refractivity contribution is 7.39. The van der Waals surface area contributed by atoms with Crippen LogP contribution in [-0.4, -0.2) is 0 Å². The smallest absolute Gasteiger partial charge is 0.0635 e. The van der Waals surface area contributed by atoms with Crippen LogP contribution in [0.4, 0.5) is 0 Å². The van der Waals surface area contributed by atoms with E-state index in [2.05, 4.69) is 55.4 Å². The minimum absolute atomic E-state index is 0.249. The first kappa shape index (κ1) is 15.5. The quantitative estimate of drug-likeness (QED) is 0.401.